The average Bonchev–Trinajstić information content (AvgIpc) is 2.15. The highest BCUT2D eigenvalue weighted by molar-refractivity contribution is 6.19. The number of halogens is 1. The molecule has 64 valence electrons. The molecule has 0 bridgehead atoms. The van der Waals surface area contributed by atoms with E-state index in [1.807, 2.05) is 36.4 Å². The monoisotopic (exact) mass is 182 g/mol. The molecule has 0 saturated heterocycles. The lowest BCUT2D eigenvalue weighted by Gasteiger charge is -2.00. The molecule has 0 aromatic heterocycles. The first kappa shape index (κ1) is 9.30. The van der Waals surface area contributed by atoms with Crippen LogP contribution in [0.5, 0.6) is 0 Å². The minimum absolute atomic E-state index is 0.0722. The molecule has 1 aromatic carbocycles. The summed E-state index contributed by atoms with van der Waals surface area (Å²) >= 11 is 5.50. The number of aliphatic hydroxyl groups excluding tert-OH is 1. The Morgan fingerprint density at radius 3 is 2.75 bits per heavy atom. The van der Waals surface area contributed by atoms with E-state index in [1.54, 1.807) is 0 Å². The van der Waals surface area contributed by atoms with E-state index in [2.05, 4.69) is 0 Å². The van der Waals surface area contributed by atoms with Crippen LogP contribution in [-0.2, 0) is 6.61 Å². The second-order valence-corrected chi connectivity index (χ2v) is 2.72. The fraction of sp³-hybridized carbons (Fsp3) is 0.200. The molecule has 0 aliphatic carbocycles. The van der Waals surface area contributed by atoms with Crippen molar-refractivity contribution < 1.29 is 5.11 Å². The Balaban J connectivity index is 2.89. The predicted molar refractivity (Wildman–Crippen MR) is 52.1 cm³/mol. The first-order valence-electron chi connectivity index (χ1n) is 3.79. The number of hydrogen-bond acceptors (Lipinski definition) is 1. The Morgan fingerprint density at radius 1 is 1.33 bits per heavy atom. The van der Waals surface area contributed by atoms with Crippen molar-refractivity contribution in [2.24, 2.45) is 0 Å². The van der Waals surface area contributed by atoms with Crippen molar-refractivity contribution in [3.8, 4) is 0 Å². The van der Waals surface area contributed by atoms with E-state index in [0.29, 0.717) is 5.88 Å². The standard InChI is InChI=1S/C10H11ClO/c11-7-3-6-9-4-1-2-5-10(9)8-12/h1-6,12H,7-8H2/b6-3+. The Kier molecular flexibility index (Phi) is 3.85. The number of allylic oxidation sites excluding steroid dienone is 1. The van der Waals surface area contributed by atoms with Crippen molar-refractivity contribution >= 4 is 17.7 Å². The molecule has 0 unspecified atom stereocenters. The van der Waals surface area contributed by atoms with Crippen molar-refractivity contribution in [1.29, 1.82) is 0 Å². The molecular formula is C10H11ClO. The van der Waals surface area contributed by atoms with E-state index in [4.69, 9.17) is 16.7 Å². The van der Waals surface area contributed by atoms with E-state index in [1.165, 1.54) is 0 Å². The van der Waals surface area contributed by atoms with Gasteiger partial charge in [0.15, 0.2) is 0 Å². The first-order valence-corrected chi connectivity index (χ1v) is 4.33. The van der Waals surface area contributed by atoms with Crippen LogP contribution in [0.3, 0.4) is 0 Å². The van der Waals surface area contributed by atoms with Gasteiger partial charge in [0, 0.05) is 5.88 Å². The van der Waals surface area contributed by atoms with E-state index in [-0.39, 0.29) is 6.61 Å². The van der Waals surface area contributed by atoms with Crippen LogP contribution in [0.1, 0.15) is 11.1 Å². The third-order valence-electron chi connectivity index (χ3n) is 1.61. The van der Waals surface area contributed by atoms with Gasteiger partial charge in [-0.2, -0.15) is 0 Å². The summed E-state index contributed by atoms with van der Waals surface area (Å²) in [7, 11) is 0. The highest BCUT2D eigenvalue weighted by Crippen LogP contribution is 2.10. The van der Waals surface area contributed by atoms with Crippen LogP contribution in [0.4, 0.5) is 0 Å². The van der Waals surface area contributed by atoms with Gasteiger partial charge >= 0.3 is 0 Å². The summed E-state index contributed by atoms with van der Waals surface area (Å²) in [6, 6.07) is 7.69. The maximum atomic E-state index is 8.95. The van der Waals surface area contributed by atoms with E-state index < -0.39 is 0 Å². The molecule has 1 N–H and O–H groups in total. The molecule has 0 radical (unpaired) electrons. The summed E-state index contributed by atoms with van der Waals surface area (Å²) in [5, 5.41) is 8.95. The second-order valence-electron chi connectivity index (χ2n) is 2.41. The number of aliphatic hydroxyl groups is 1. The number of rotatable bonds is 3. The predicted octanol–water partition coefficient (Wildman–Crippen LogP) is 2.43. The van der Waals surface area contributed by atoms with Crippen LogP contribution in [0.15, 0.2) is 30.3 Å². The van der Waals surface area contributed by atoms with Crippen LogP contribution in [0, 0.1) is 0 Å². The van der Waals surface area contributed by atoms with Crippen LogP contribution in [0.2, 0.25) is 0 Å². The number of benzene rings is 1. The first-order chi connectivity index (χ1) is 5.88. The molecule has 0 atom stereocenters. The Labute approximate surface area is 77.3 Å². The quantitative estimate of drug-likeness (QED) is 0.712. The summed E-state index contributed by atoms with van der Waals surface area (Å²) < 4.78 is 0. The fourth-order valence-electron chi connectivity index (χ4n) is 1.01. The van der Waals surface area contributed by atoms with Gasteiger partial charge in [-0.3, -0.25) is 0 Å². The lowest BCUT2D eigenvalue weighted by atomic mass is 10.1. The fourth-order valence-corrected chi connectivity index (χ4v) is 1.10. The highest BCUT2D eigenvalue weighted by atomic mass is 35.5. The van der Waals surface area contributed by atoms with Crippen molar-refractivity contribution in [3.63, 3.8) is 0 Å². The van der Waals surface area contributed by atoms with Crippen LogP contribution in [0.25, 0.3) is 6.08 Å². The molecule has 0 aliphatic rings. The molecular weight excluding hydrogens is 172 g/mol. The van der Waals surface area contributed by atoms with Crippen molar-refractivity contribution in [3.05, 3.63) is 41.5 Å². The third-order valence-corrected chi connectivity index (χ3v) is 1.79. The molecule has 0 aliphatic heterocycles. The zero-order valence-corrected chi connectivity index (χ0v) is 7.46. The molecule has 2 heteroatoms. The normalized spacial score (nSPS) is 10.8. The summed E-state index contributed by atoms with van der Waals surface area (Å²) in [5.74, 6) is 0.500. The Bertz CT molecular complexity index is 268. The van der Waals surface area contributed by atoms with Gasteiger partial charge < -0.3 is 5.11 Å². The van der Waals surface area contributed by atoms with Crippen molar-refractivity contribution in [1.82, 2.24) is 0 Å². The van der Waals surface area contributed by atoms with Crippen LogP contribution >= 0.6 is 11.6 Å². The van der Waals surface area contributed by atoms with Gasteiger partial charge in [0.25, 0.3) is 0 Å². The molecule has 1 nitrogen and oxygen atoms in total. The summed E-state index contributed by atoms with van der Waals surface area (Å²) in [6.45, 7) is 0.0722. The smallest absolute Gasteiger partial charge is 0.0687 e. The van der Waals surface area contributed by atoms with Crippen molar-refractivity contribution in [2.45, 2.75) is 6.61 Å². The SMILES string of the molecule is OCc1ccccc1/C=C/CCl. The van der Waals surface area contributed by atoms with Gasteiger partial charge in [0.05, 0.1) is 6.61 Å². The van der Waals surface area contributed by atoms with Crippen LogP contribution in [-0.4, -0.2) is 11.0 Å². The minimum atomic E-state index is 0.0722. The maximum Gasteiger partial charge on any atom is 0.0687 e. The molecule has 1 rings (SSSR count). The highest BCUT2D eigenvalue weighted by Gasteiger charge is 1.94. The minimum Gasteiger partial charge on any atom is -0.392 e. The summed E-state index contributed by atoms with van der Waals surface area (Å²) in [4.78, 5) is 0. The average molecular weight is 183 g/mol. The Morgan fingerprint density at radius 2 is 2.08 bits per heavy atom. The van der Waals surface area contributed by atoms with Gasteiger partial charge in [-0.05, 0) is 11.1 Å². The summed E-state index contributed by atoms with van der Waals surface area (Å²) in [6.07, 6.45) is 3.77. The van der Waals surface area contributed by atoms with Gasteiger partial charge in [0.2, 0.25) is 0 Å². The topological polar surface area (TPSA) is 20.2 Å². The molecule has 0 spiro atoms. The molecule has 0 saturated carbocycles. The Hall–Kier alpha value is -0.790. The van der Waals surface area contributed by atoms with Gasteiger partial charge in [0.1, 0.15) is 0 Å². The molecule has 0 fully saturated rings. The summed E-state index contributed by atoms with van der Waals surface area (Å²) in [5.41, 5.74) is 1.96. The van der Waals surface area contributed by atoms with Gasteiger partial charge in [-0.15, -0.1) is 11.6 Å². The van der Waals surface area contributed by atoms with E-state index in [0.717, 1.165) is 11.1 Å². The number of alkyl halides is 1. The van der Waals surface area contributed by atoms with E-state index >= 15 is 0 Å². The molecule has 12 heavy (non-hydrogen) atoms. The van der Waals surface area contributed by atoms with Crippen molar-refractivity contribution in [2.75, 3.05) is 5.88 Å². The van der Waals surface area contributed by atoms with Gasteiger partial charge in [-0.25, -0.2) is 0 Å². The molecule has 0 amide bonds. The zero-order valence-electron chi connectivity index (χ0n) is 6.70. The lowest BCUT2D eigenvalue weighted by molar-refractivity contribution is 0.281. The largest absolute Gasteiger partial charge is 0.392 e. The van der Waals surface area contributed by atoms with Crippen LogP contribution < -0.4 is 0 Å². The number of hydrogen-bond donors (Lipinski definition) is 1. The molecule has 0 heterocycles. The zero-order chi connectivity index (χ0) is 8.81. The molecule has 1 aromatic rings. The van der Waals surface area contributed by atoms with E-state index in [9.17, 15) is 0 Å². The maximum absolute atomic E-state index is 8.95. The lowest BCUT2D eigenvalue weighted by Crippen LogP contribution is -1.86. The second kappa shape index (κ2) is 4.96. The third kappa shape index (κ3) is 2.36. The van der Waals surface area contributed by atoms with Gasteiger partial charge in [-0.1, -0.05) is 36.4 Å².